The van der Waals surface area contributed by atoms with Gasteiger partial charge in [0.2, 0.25) is 0 Å². The van der Waals surface area contributed by atoms with Crippen LogP contribution in [0.1, 0.15) is 26.0 Å². The highest BCUT2D eigenvalue weighted by atomic mass is 16.4. The van der Waals surface area contributed by atoms with E-state index in [9.17, 15) is 4.79 Å². The summed E-state index contributed by atoms with van der Waals surface area (Å²) < 4.78 is 5.14. The van der Waals surface area contributed by atoms with Crippen molar-refractivity contribution in [1.29, 1.82) is 0 Å². The molecule has 3 heteroatoms. The Bertz CT molecular complexity index is 259. The molecule has 1 heterocycles. The van der Waals surface area contributed by atoms with Gasteiger partial charge in [0.25, 0.3) is 0 Å². The van der Waals surface area contributed by atoms with Crippen LogP contribution in [-0.2, 0) is 10.2 Å². The predicted octanol–water partition coefficient (Wildman–Crippen LogP) is 2.03. The van der Waals surface area contributed by atoms with Crippen LogP contribution in [-0.4, -0.2) is 11.1 Å². The smallest absolute Gasteiger partial charge is 0.304 e. The molecule has 1 N–H and O–H groups in total. The van der Waals surface area contributed by atoms with Gasteiger partial charge in [-0.05, 0) is 12.1 Å². The van der Waals surface area contributed by atoms with E-state index in [1.165, 1.54) is 0 Å². The summed E-state index contributed by atoms with van der Waals surface area (Å²) in [5.74, 6) is -0.0960. The minimum Gasteiger partial charge on any atom is -0.481 e. The molecule has 12 heavy (non-hydrogen) atoms. The molecule has 0 saturated carbocycles. The zero-order valence-electron chi connectivity index (χ0n) is 7.20. The first-order valence-corrected chi connectivity index (χ1v) is 3.78. The van der Waals surface area contributed by atoms with Gasteiger partial charge in [-0.25, -0.2) is 0 Å². The quantitative estimate of drug-likeness (QED) is 0.751. The molecule has 0 aromatic carbocycles. The first kappa shape index (κ1) is 8.84. The van der Waals surface area contributed by atoms with Gasteiger partial charge in [-0.1, -0.05) is 13.8 Å². The summed E-state index contributed by atoms with van der Waals surface area (Å²) >= 11 is 0. The number of rotatable bonds is 3. The molecule has 0 atom stereocenters. The fourth-order valence-electron chi connectivity index (χ4n) is 1.13. The third kappa shape index (κ3) is 1.87. The molecular formula is C9H12O3. The van der Waals surface area contributed by atoms with E-state index in [2.05, 4.69) is 0 Å². The Hall–Kier alpha value is -1.25. The van der Waals surface area contributed by atoms with Crippen molar-refractivity contribution < 1.29 is 14.3 Å². The second kappa shape index (κ2) is 3.01. The SMILES string of the molecule is CC(C)(CC(=O)O)c1ccco1. The standard InChI is InChI=1S/C9H12O3/c1-9(2,6-8(10)11)7-4-3-5-12-7/h3-5H,6H2,1-2H3,(H,10,11). The molecule has 0 spiro atoms. The highest BCUT2D eigenvalue weighted by molar-refractivity contribution is 5.68. The molecule has 3 nitrogen and oxygen atoms in total. The lowest BCUT2D eigenvalue weighted by Gasteiger charge is -2.18. The van der Waals surface area contributed by atoms with Gasteiger partial charge in [0, 0.05) is 5.41 Å². The predicted molar refractivity (Wildman–Crippen MR) is 44.0 cm³/mol. The Labute approximate surface area is 71.0 Å². The molecule has 1 aromatic heterocycles. The maximum atomic E-state index is 10.5. The number of hydrogen-bond acceptors (Lipinski definition) is 2. The molecule has 0 unspecified atom stereocenters. The molecule has 66 valence electrons. The van der Waals surface area contributed by atoms with Gasteiger partial charge in [-0.3, -0.25) is 4.79 Å². The largest absolute Gasteiger partial charge is 0.481 e. The van der Waals surface area contributed by atoms with Crippen molar-refractivity contribution in [2.24, 2.45) is 0 Å². The molecule has 0 amide bonds. The number of carboxylic acid groups (broad SMARTS) is 1. The highest BCUT2D eigenvalue weighted by Gasteiger charge is 2.26. The van der Waals surface area contributed by atoms with Gasteiger partial charge in [-0.15, -0.1) is 0 Å². The average molecular weight is 168 g/mol. The van der Waals surface area contributed by atoms with E-state index in [1.807, 2.05) is 13.8 Å². The lowest BCUT2D eigenvalue weighted by Crippen LogP contribution is -2.20. The van der Waals surface area contributed by atoms with Crippen LogP contribution < -0.4 is 0 Å². The number of carboxylic acids is 1. The highest BCUT2D eigenvalue weighted by Crippen LogP contribution is 2.26. The van der Waals surface area contributed by atoms with Gasteiger partial charge in [0.15, 0.2) is 0 Å². The van der Waals surface area contributed by atoms with E-state index in [1.54, 1.807) is 18.4 Å². The molecular weight excluding hydrogens is 156 g/mol. The number of hydrogen-bond donors (Lipinski definition) is 1. The van der Waals surface area contributed by atoms with Gasteiger partial charge < -0.3 is 9.52 Å². The van der Waals surface area contributed by atoms with Crippen LogP contribution in [0.4, 0.5) is 0 Å². The van der Waals surface area contributed by atoms with Crippen molar-refractivity contribution in [3.05, 3.63) is 24.2 Å². The van der Waals surface area contributed by atoms with Gasteiger partial charge in [0.05, 0.1) is 12.7 Å². The first-order valence-electron chi connectivity index (χ1n) is 3.78. The van der Waals surface area contributed by atoms with E-state index in [-0.39, 0.29) is 6.42 Å². The summed E-state index contributed by atoms with van der Waals surface area (Å²) in [6, 6.07) is 3.56. The van der Waals surface area contributed by atoms with Crippen molar-refractivity contribution in [3.8, 4) is 0 Å². The summed E-state index contributed by atoms with van der Waals surface area (Å²) in [4.78, 5) is 10.5. The van der Waals surface area contributed by atoms with E-state index >= 15 is 0 Å². The maximum Gasteiger partial charge on any atom is 0.304 e. The Balaban J connectivity index is 2.79. The van der Waals surface area contributed by atoms with Crippen LogP contribution in [0.15, 0.2) is 22.8 Å². The average Bonchev–Trinajstić information content (AvgIpc) is 2.32. The normalized spacial score (nSPS) is 11.5. The summed E-state index contributed by atoms with van der Waals surface area (Å²) in [5, 5.41) is 8.61. The van der Waals surface area contributed by atoms with Crippen molar-refractivity contribution in [2.75, 3.05) is 0 Å². The number of aliphatic carboxylic acids is 1. The Morgan fingerprint density at radius 1 is 1.67 bits per heavy atom. The van der Waals surface area contributed by atoms with Gasteiger partial charge in [0.1, 0.15) is 5.76 Å². The molecule has 0 radical (unpaired) electrons. The molecule has 1 aromatic rings. The molecule has 0 aliphatic heterocycles. The van der Waals surface area contributed by atoms with E-state index in [4.69, 9.17) is 9.52 Å². The first-order chi connectivity index (χ1) is 5.52. The van der Waals surface area contributed by atoms with Crippen LogP contribution in [0.5, 0.6) is 0 Å². The van der Waals surface area contributed by atoms with Gasteiger partial charge >= 0.3 is 5.97 Å². The van der Waals surface area contributed by atoms with E-state index in [0.717, 1.165) is 0 Å². The fraction of sp³-hybridized carbons (Fsp3) is 0.444. The number of furan rings is 1. The Kier molecular flexibility index (Phi) is 2.22. The second-order valence-electron chi connectivity index (χ2n) is 3.43. The molecule has 0 aliphatic rings. The zero-order chi connectivity index (χ0) is 9.19. The fourth-order valence-corrected chi connectivity index (χ4v) is 1.13. The van der Waals surface area contributed by atoms with Crippen LogP contribution in [0.25, 0.3) is 0 Å². The van der Waals surface area contributed by atoms with Crippen LogP contribution >= 0.6 is 0 Å². The van der Waals surface area contributed by atoms with E-state index < -0.39 is 11.4 Å². The molecule has 0 bridgehead atoms. The van der Waals surface area contributed by atoms with Crippen molar-refractivity contribution >= 4 is 5.97 Å². The lowest BCUT2D eigenvalue weighted by molar-refractivity contribution is -0.138. The molecule has 1 rings (SSSR count). The summed E-state index contributed by atoms with van der Waals surface area (Å²) in [6.07, 6.45) is 1.64. The van der Waals surface area contributed by atoms with Crippen LogP contribution in [0.3, 0.4) is 0 Å². The summed E-state index contributed by atoms with van der Waals surface area (Å²) in [7, 11) is 0. The lowest BCUT2D eigenvalue weighted by atomic mass is 9.87. The second-order valence-corrected chi connectivity index (χ2v) is 3.43. The minimum atomic E-state index is -0.809. The van der Waals surface area contributed by atoms with Gasteiger partial charge in [-0.2, -0.15) is 0 Å². The van der Waals surface area contributed by atoms with Crippen LogP contribution in [0, 0.1) is 0 Å². The van der Waals surface area contributed by atoms with Crippen molar-refractivity contribution in [3.63, 3.8) is 0 Å². The summed E-state index contributed by atoms with van der Waals surface area (Å²) in [5.41, 5.74) is -0.421. The molecule has 0 saturated heterocycles. The Morgan fingerprint density at radius 2 is 2.33 bits per heavy atom. The molecule has 0 fully saturated rings. The van der Waals surface area contributed by atoms with Crippen molar-refractivity contribution in [2.45, 2.75) is 25.7 Å². The minimum absolute atomic E-state index is 0.0838. The molecule has 0 aliphatic carbocycles. The maximum absolute atomic E-state index is 10.5. The topological polar surface area (TPSA) is 50.4 Å². The van der Waals surface area contributed by atoms with E-state index in [0.29, 0.717) is 5.76 Å². The monoisotopic (exact) mass is 168 g/mol. The summed E-state index contributed by atoms with van der Waals surface area (Å²) in [6.45, 7) is 3.69. The Morgan fingerprint density at radius 3 is 2.75 bits per heavy atom. The third-order valence-electron chi connectivity index (χ3n) is 1.78. The number of carbonyl (C=O) groups is 1. The van der Waals surface area contributed by atoms with Crippen molar-refractivity contribution in [1.82, 2.24) is 0 Å². The third-order valence-corrected chi connectivity index (χ3v) is 1.78. The van der Waals surface area contributed by atoms with Crippen LogP contribution in [0.2, 0.25) is 0 Å². The zero-order valence-corrected chi connectivity index (χ0v) is 7.20.